The average molecular weight is 282 g/mol. The van der Waals surface area contributed by atoms with Gasteiger partial charge in [0, 0.05) is 5.69 Å². The van der Waals surface area contributed by atoms with E-state index in [9.17, 15) is 14.0 Å². The summed E-state index contributed by atoms with van der Waals surface area (Å²) in [5.74, 6) is -1.39. The first-order chi connectivity index (χ1) is 9.29. The van der Waals surface area contributed by atoms with Crippen LogP contribution >= 0.6 is 0 Å². The van der Waals surface area contributed by atoms with Crippen LogP contribution in [0.5, 0.6) is 0 Å². The number of nitrogens with one attached hydrogen (secondary N) is 2. The second-order valence-electron chi connectivity index (χ2n) is 5.08. The normalized spacial score (nSPS) is 12.1. The molecule has 0 aromatic heterocycles. The van der Waals surface area contributed by atoms with Gasteiger partial charge in [0.25, 0.3) is 0 Å². The number of amides is 2. The van der Waals surface area contributed by atoms with Gasteiger partial charge in [0.15, 0.2) is 0 Å². The molecule has 1 atom stereocenters. The van der Waals surface area contributed by atoms with Crippen LogP contribution in [0, 0.1) is 18.7 Å². The van der Waals surface area contributed by atoms with E-state index in [0.717, 1.165) is 0 Å². The smallest absolute Gasteiger partial charge is 0.326 e. The second kappa shape index (κ2) is 6.88. The van der Waals surface area contributed by atoms with E-state index in [-0.39, 0.29) is 11.6 Å². The maximum absolute atomic E-state index is 13.3. The van der Waals surface area contributed by atoms with Crippen LogP contribution in [0.3, 0.4) is 0 Å². The third kappa shape index (κ3) is 4.87. The van der Waals surface area contributed by atoms with Gasteiger partial charge in [0.2, 0.25) is 0 Å². The molecule has 1 aromatic carbocycles. The molecule has 1 rings (SSSR count). The highest BCUT2D eigenvalue weighted by Crippen LogP contribution is 2.13. The number of urea groups is 1. The maximum Gasteiger partial charge on any atom is 0.326 e. The molecule has 0 aliphatic heterocycles. The summed E-state index contributed by atoms with van der Waals surface area (Å²) in [5, 5.41) is 13.8. The van der Waals surface area contributed by atoms with Crippen molar-refractivity contribution in [1.29, 1.82) is 0 Å². The summed E-state index contributed by atoms with van der Waals surface area (Å²) in [7, 11) is 0. The van der Waals surface area contributed by atoms with E-state index in [1.807, 2.05) is 13.8 Å². The van der Waals surface area contributed by atoms with Crippen molar-refractivity contribution in [3.8, 4) is 0 Å². The highest BCUT2D eigenvalue weighted by molar-refractivity contribution is 5.92. The maximum atomic E-state index is 13.3. The molecule has 0 bridgehead atoms. The monoisotopic (exact) mass is 282 g/mol. The summed E-state index contributed by atoms with van der Waals surface area (Å²) in [6.07, 6.45) is 0.324. The van der Waals surface area contributed by atoms with Crippen LogP contribution in [-0.2, 0) is 4.79 Å². The minimum absolute atomic E-state index is 0.133. The molecule has 0 saturated carbocycles. The van der Waals surface area contributed by atoms with Gasteiger partial charge in [-0.15, -0.1) is 0 Å². The van der Waals surface area contributed by atoms with Crippen LogP contribution < -0.4 is 10.6 Å². The lowest BCUT2D eigenvalue weighted by molar-refractivity contribution is -0.139. The first-order valence-electron chi connectivity index (χ1n) is 6.36. The van der Waals surface area contributed by atoms with Crippen LogP contribution in [0.2, 0.25) is 0 Å². The minimum Gasteiger partial charge on any atom is -0.480 e. The molecule has 1 aromatic rings. The SMILES string of the molecule is Cc1ccc(NC(=O)N[C@@H](CC(C)C)C(=O)O)cc1F. The number of benzene rings is 1. The standard InChI is InChI=1S/C14H19FN2O3/c1-8(2)6-12(13(18)19)17-14(20)16-10-5-4-9(3)11(15)7-10/h4-5,7-8,12H,6H2,1-3H3,(H,18,19)(H2,16,17,20)/t12-/m0/s1. The lowest BCUT2D eigenvalue weighted by atomic mass is 10.0. The summed E-state index contributed by atoms with van der Waals surface area (Å²) >= 11 is 0. The molecule has 110 valence electrons. The molecule has 0 radical (unpaired) electrons. The zero-order valence-electron chi connectivity index (χ0n) is 11.7. The number of carbonyl (C=O) groups excluding carboxylic acids is 1. The highest BCUT2D eigenvalue weighted by atomic mass is 19.1. The molecule has 3 N–H and O–H groups in total. The summed E-state index contributed by atoms with van der Waals surface area (Å²) in [6, 6.07) is 2.64. The number of hydrogen-bond acceptors (Lipinski definition) is 2. The van der Waals surface area contributed by atoms with Gasteiger partial charge in [-0.3, -0.25) is 0 Å². The molecule has 0 heterocycles. The van der Waals surface area contributed by atoms with E-state index in [2.05, 4.69) is 10.6 Å². The first-order valence-corrected chi connectivity index (χ1v) is 6.36. The average Bonchev–Trinajstić information content (AvgIpc) is 2.32. The summed E-state index contributed by atoms with van der Waals surface area (Å²) in [4.78, 5) is 22.7. The number of aliphatic carboxylic acids is 1. The predicted molar refractivity (Wildman–Crippen MR) is 74.2 cm³/mol. The zero-order chi connectivity index (χ0) is 15.3. The summed E-state index contributed by atoms with van der Waals surface area (Å²) in [6.45, 7) is 5.35. The second-order valence-corrected chi connectivity index (χ2v) is 5.08. The van der Waals surface area contributed by atoms with Gasteiger partial charge in [-0.05, 0) is 37.0 Å². The summed E-state index contributed by atoms with van der Waals surface area (Å²) in [5.41, 5.74) is 0.749. The number of hydrogen-bond donors (Lipinski definition) is 3. The third-order valence-corrected chi connectivity index (χ3v) is 2.74. The number of carbonyl (C=O) groups is 2. The van der Waals surface area contributed by atoms with E-state index in [1.54, 1.807) is 13.0 Å². The van der Waals surface area contributed by atoms with Crippen molar-refractivity contribution in [3.05, 3.63) is 29.6 Å². The van der Waals surface area contributed by atoms with Crippen LogP contribution in [0.4, 0.5) is 14.9 Å². The van der Waals surface area contributed by atoms with Gasteiger partial charge in [-0.25, -0.2) is 14.0 Å². The lowest BCUT2D eigenvalue weighted by Crippen LogP contribution is -2.43. The highest BCUT2D eigenvalue weighted by Gasteiger charge is 2.21. The van der Waals surface area contributed by atoms with Crippen molar-refractivity contribution >= 4 is 17.7 Å². The molecule has 0 aliphatic carbocycles. The van der Waals surface area contributed by atoms with Crippen molar-refractivity contribution in [2.24, 2.45) is 5.92 Å². The summed E-state index contributed by atoms with van der Waals surface area (Å²) < 4.78 is 13.3. The number of aryl methyl sites for hydroxylation is 1. The Kier molecular flexibility index (Phi) is 5.49. The Labute approximate surface area is 117 Å². The number of anilines is 1. The number of carboxylic acids is 1. The van der Waals surface area contributed by atoms with Crippen molar-refractivity contribution in [3.63, 3.8) is 0 Å². The van der Waals surface area contributed by atoms with E-state index >= 15 is 0 Å². The molecule has 0 spiro atoms. The topological polar surface area (TPSA) is 78.4 Å². The van der Waals surface area contributed by atoms with Crippen LogP contribution in [-0.4, -0.2) is 23.1 Å². The molecule has 0 saturated heterocycles. The number of halogens is 1. The molecule has 0 aliphatic rings. The molecule has 0 unspecified atom stereocenters. The molecule has 20 heavy (non-hydrogen) atoms. The number of carboxylic acid groups (broad SMARTS) is 1. The first kappa shape index (κ1) is 15.9. The fourth-order valence-corrected chi connectivity index (χ4v) is 1.69. The van der Waals surface area contributed by atoms with E-state index in [1.165, 1.54) is 12.1 Å². The Balaban J connectivity index is 2.65. The van der Waals surface area contributed by atoms with Crippen molar-refractivity contribution in [2.75, 3.05) is 5.32 Å². The van der Waals surface area contributed by atoms with Gasteiger partial charge in [-0.1, -0.05) is 19.9 Å². The lowest BCUT2D eigenvalue weighted by Gasteiger charge is -2.17. The molecular formula is C14H19FN2O3. The Morgan fingerprint density at radius 2 is 2.00 bits per heavy atom. The largest absolute Gasteiger partial charge is 0.480 e. The van der Waals surface area contributed by atoms with E-state index in [0.29, 0.717) is 12.0 Å². The molecule has 2 amide bonds. The minimum atomic E-state index is -1.09. The van der Waals surface area contributed by atoms with Crippen molar-refractivity contribution in [2.45, 2.75) is 33.2 Å². The third-order valence-electron chi connectivity index (χ3n) is 2.74. The molecular weight excluding hydrogens is 263 g/mol. The Morgan fingerprint density at radius 3 is 2.50 bits per heavy atom. The fourth-order valence-electron chi connectivity index (χ4n) is 1.69. The van der Waals surface area contributed by atoms with Crippen LogP contribution in [0.15, 0.2) is 18.2 Å². The van der Waals surface area contributed by atoms with Crippen LogP contribution in [0.25, 0.3) is 0 Å². The van der Waals surface area contributed by atoms with Gasteiger partial charge in [-0.2, -0.15) is 0 Å². The molecule has 0 fully saturated rings. The Hall–Kier alpha value is -2.11. The fraction of sp³-hybridized carbons (Fsp3) is 0.429. The molecule has 5 nitrogen and oxygen atoms in total. The predicted octanol–water partition coefficient (Wildman–Crippen LogP) is 2.75. The number of rotatable bonds is 5. The zero-order valence-corrected chi connectivity index (χ0v) is 11.7. The van der Waals surface area contributed by atoms with E-state index < -0.39 is 23.9 Å². The molecule has 6 heteroatoms. The van der Waals surface area contributed by atoms with Gasteiger partial charge < -0.3 is 15.7 Å². The quantitative estimate of drug-likeness (QED) is 0.777. The van der Waals surface area contributed by atoms with E-state index in [4.69, 9.17) is 5.11 Å². The van der Waals surface area contributed by atoms with Gasteiger partial charge in [0.1, 0.15) is 11.9 Å². The van der Waals surface area contributed by atoms with Gasteiger partial charge >= 0.3 is 12.0 Å². The van der Waals surface area contributed by atoms with Crippen LogP contribution in [0.1, 0.15) is 25.8 Å². The van der Waals surface area contributed by atoms with Gasteiger partial charge in [0.05, 0.1) is 0 Å². The Morgan fingerprint density at radius 1 is 1.35 bits per heavy atom. The van der Waals surface area contributed by atoms with Crippen molar-refractivity contribution < 1.29 is 19.1 Å². The Bertz CT molecular complexity index is 503. The van der Waals surface area contributed by atoms with Crippen molar-refractivity contribution in [1.82, 2.24) is 5.32 Å².